The lowest BCUT2D eigenvalue weighted by molar-refractivity contribution is -0.128. The molecular weight excluding hydrogens is 277 g/mol. The molecule has 1 heterocycles. The Kier molecular flexibility index (Phi) is 4.71. The van der Waals surface area contributed by atoms with Crippen molar-refractivity contribution < 1.29 is 9.18 Å². The van der Waals surface area contributed by atoms with Gasteiger partial charge in [-0.05, 0) is 37.7 Å². The number of allylic oxidation sites excluding steroid dienone is 2. The summed E-state index contributed by atoms with van der Waals surface area (Å²) in [4.78, 5) is 14.2. The van der Waals surface area contributed by atoms with Gasteiger partial charge >= 0.3 is 0 Å². The maximum Gasteiger partial charge on any atom is 0.253 e. The smallest absolute Gasteiger partial charge is 0.253 e. The van der Waals surface area contributed by atoms with Crippen LogP contribution in [0.15, 0.2) is 53.6 Å². The fourth-order valence-electron chi connectivity index (χ4n) is 3.20. The monoisotopic (exact) mass is 299 g/mol. The van der Waals surface area contributed by atoms with Gasteiger partial charge in [-0.25, -0.2) is 4.39 Å². The van der Waals surface area contributed by atoms with E-state index in [4.69, 9.17) is 0 Å². The highest BCUT2D eigenvalue weighted by Gasteiger charge is 2.25. The van der Waals surface area contributed by atoms with E-state index in [1.165, 1.54) is 11.1 Å². The van der Waals surface area contributed by atoms with E-state index in [9.17, 15) is 9.18 Å². The first-order valence-electron chi connectivity index (χ1n) is 8.09. The van der Waals surface area contributed by atoms with Crippen LogP contribution >= 0.6 is 0 Å². The number of likely N-dealkylation sites (tertiary alicyclic amines) is 1. The van der Waals surface area contributed by atoms with Crippen LogP contribution < -0.4 is 0 Å². The first-order valence-corrected chi connectivity index (χ1v) is 8.09. The number of hydrogen-bond acceptors (Lipinski definition) is 1. The van der Waals surface area contributed by atoms with Crippen molar-refractivity contribution in [2.75, 3.05) is 13.1 Å². The Hall–Kier alpha value is -1.90. The quantitative estimate of drug-likeness (QED) is 0.830. The van der Waals surface area contributed by atoms with E-state index in [0.29, 0.717) is 13.0 Å². The molecule has 1 fully saturated rings. The summed E-state index contributed by atoms with van der Waals surface area (Å²) in [6.07, 6.45) is 7.27. The van der Waals surface area contributed by atoms with Crippen LogP contribution in [-0.2, 0) is 11.2 Å². The number of carbonyl (C=O) groups is 1. The molecule has 1 aliphatic heterocycles. The second-order valence-electron chi connectivity index (χ2n) is 6.15. The predicted octanol–water partition coefficient (Wildman–Crippen LogP) is 3.84. The van der Waals surface area contributed by atoms with Crippen LogP contribution in [0.3, 0.4) is 0 Å². The molecule has 116 valence electrons. The Labute approximate surface area is 131 Å². The largest absolute Gasteiger partial charge is 0.336 e. The standard InChI is InChI=1S/C19H22FNO/c20-18-10-5-11-21(14-18)19(22)17-9-4-8-16(13-17)12-15-6-2-1-3-7-15/h1-3,6-7,9,13,18H,4-5,8,10-12,14H2. The van der Waals surface area contributed by atoms with Crippen molar-refractivity contribution in [1.82, 2.24) is 4.90 Å². The molecule has 2 nitrogen and oxygen atoms in total. The molecule has 2 aliphatic rings. The highest BCUT2D eigenvalue weighted by atomic mass is 19.1. The van der Waals surface area contributed by atoms with Crippen molar-refractivity contribution in [2.24, 2.45) is 0 Å². The van der Waals surface area contributed by atoms with Crippen molar-refractivity contribution in [3.05, 3.63) is 59.2 Å². The first kappa shape index (κ1) is 15.0. The van der Waals surface area contributed by atoms with Gasteiger partial charge in [0.1, 0.15) is 6.17 Å². The molecule has 0 spiro atoms. The number of carbonyl (C=O) groups excluding carboxylic acids is 1. The van der Waals surface area contributed by atoms with E-state index in [2.05, 4.69) is 12.1 Å². The molecule has 1 aromatic rings. The lowest BCUT2D eigenvalue weighted by Crippen LogP contribution is -2.41. The van der Waals surface area contributed by atoms with Crippen LogP contribution in [0.2, 0.25) is 0 Å². The molecule has 0 N–H and O–H groups in total. The van der Waals surface area contributed by atoms with Crippen LogP contribution in [0.25, 0.3) is 0 Å². The van der Waals surface area contributed by atoms with Gasteiger partial charge in [0.25, 0.3) is 5.91 Å². The predicted molar refractivity (Wildman–Crippen MR) is 86.3 cm³/mol. The highest BCUT2D eigenvalue weighted by Crippen LogP contribution is 2.24. The summed E-state index contributed by atoms with van der Waals surface area (Å²) in [5.41, 5.74) is 3.29. The number of piperidine rings is 1. The Bertz CT molecular complexity index is 591. The van der Waals surface area contributed by atoms with E-state index < -0.39 is 6.17 Å². The number of alkyl halides is 1. The highest BCUT2D eigenvalue weighted by molar-refractivity contribution is 5.96. The average Bonchev–Trinajstić information content (AvgIpc) is 2.55. The molecule has 1 atom stereocenters. The third-order valence-corrected chi connectivity index (χ3v) is 4.36. The number of benzene rings is 1. The maximum atomic E-state index is 13.5. The first-order chi connectivity index (χ1) is 10.7. The van der Waals surface area contributed by atoms with Gasteiger partial charge in [0.2, 0.25) is 0 Å². The zero-order valence-corrected chi connectivity index (χ0v) is 12.8. The third kappa shape index (κ3) is 3.65. The fraction of sp³-hybridized carbons (Fsp3) is 0.421. The third-order valence-electron chi connectivity index (χ3n) is 4.36. The van der Waals surface area contributed by atoms with Gasteiger partial charge in [0.05, 0.1) is 6.54 Å². The maximum absolute atomic E-state index is 13.5. The number of halogens is 1. The second kappa shape index (κ2) is 6.91. The molecule has 1 saturated heterocycles. The summed E-state index contributed by atoms with van der Waals surface area (Å²) in [7, 11) is 0. The van der Waals surface area contributed by atoms with Crippen LogP contribution in [0.5, 0.6) is 0 Å². The minimum absolute atomic E-state index is 0.00684. The summed E-state index contributed by atoms with van der Waals surface area (Å²) >= 11 is 0. The molecule has 1 aliphatic carbocycles. The minimum atomic E-state index is -0.866. The molecule has 0 saturated carbocycles. The lowest BCUT2D eigenvalue weighted by Gasteiger charge is -2.30. The van der Waals surface area contributed by atoms with E-state index in [1.807, 2.05) is 30.4 Å². The van der Waals surface area contributed by atoms with Gasteiger partial charge in [0, 0.05) is 12.1 Å². The SMILES string of the molecule is O=C(C1=CCCC(Cc2ccccc2)=C1)N1CCCC(F)C1. The van der Waals surface area contributed by atoms with Gasteiger partial charge in [0.15, 0.2) is 0 Å². The van der Waals surface area contributed by atoms with Crippen molar-refractivity contribution in [3.8, 4) is 0 Å². The summed E-state index contributed by atoms with van der Waals surface area (Å²) in [6.45, 7) is 0.927. The molecule has 0 aromatic heterocycles. The molecule has 3 heteroatoms. The Morgan fingerprint density at radius 3 is 2.86 bits per heavy atom. The minimum Gasteiger partial charge on any atom is -0.336 e. The van der Waals surface area contributed by atoms with Gasteiger partial charge in [-0.2, -0.15) is 0 Å². The molecule has 0 bridgehead atoms. The molecular formula is C19H22FNO. The van der Waals surface area contributed by atoms with Crippen LogP contribution in [0.4, 0.5) is 4.39 Å². The van der Waals surface area contributed by atoms with Crippen LogP contribution in [0, 0.1) is 0 Å². The zero-order valence-electron chi connectivity index (χ0n) is 12.8. The number of rotatable bonds is 3. The molecule has 0 radical (unpaired) electrons. The van der Waals surface area contributed by atoms with E-state index >= 15 is 0 Å². The number of hydrogen-bond donors (Lipinski definition) is 0. The van der Waals surface area contributed by atoms with Crippen LogP contribution in [0.1, 0.15) is 31.2 Å². The van der Waals surface area contributed by atoms with Crippen LogP contribution in [-0.4, -0.2) is 30.1 Å². The van der Waals surface area contributed by atoms with Crippen molar-refractivity contribution in [3.63, 3.8) is 0 Å². The van der Waals surface area contributed by atoms with Crippen molar-refractivity contribution in [2.45, 2.75) is 38.3 Å². The normalized spacial score (nSPS) is 22.0. The van der Waals surface area contributed by atoms with Crippen molar-refractivity contribution in [1.29, 1.82) is 0 Å². The number of amides is 1. The van der Waals surface area contributed by atoms with Gasteiger partial charge in [-0.3, -0.25) is 4.79 Å². The lowest BCUT2D eigenvalue weighted by atomic mass is 9.93. The topological polar surface area (TPSA) is 20.3 Å². The Morgan fingerprint density at radius 1 is 1.27 bits per heavy atom. The van der Waals surface area contributed by atoms with E-state index in [-0.39, 0.29) is 12.5 Å². The molecule has 1 unspecified atom stereocenters. The fourth-order valence-corrected chi connectivity index (χ4v) is 3.20. The Balaban J connectivity index is 1.68. The molecule has 1 aromatic carbocycles. The molecule has 1 amide bonds. The van der Waals surface area contributed by atoms with Gasteiger partial charge in [-0.1, -0.05) is 48.1 Å². The van der Waals surface area contributed by atoms with Gasteiger partial charge in [-0.15, -0.1) is 0 Å². The van der Waals surface area contributed by atoms with E-state index in [0.717, 1.165) is 31.3 Å². The van der Waals surface area contributed by atoms with Crippen molar-refractivity contribution >= 4 is 5.91 Å². The van der Waals surface area contributed by atoms with E-state index in [1.54, 1.807) is 4.90 Å². The summed E-state index contributed by atoms with van der Waals surface area (Å²) < 4.78 is 13.5. The number of nitrogens with zero attached hydrogens (tertiary/aromatic N) is 1. The van der Waals surface area contributed by atoms with Gasteiger partial charge < -0.3 is 4.90 Å². The average molecular weight is 299 g/mol. The summed E-state index contributed by atoms with van der Waals surface area (Å²) in [5, 5.41) is 0. The second-order valence-corrected chi connectivity index (χ2v) is 6.15. The molecule has 3 rings (SSSR count). The summed E-state index contributed by atoms with van der Waals surface area (Å²) in [6, 6.07) is 10.3. The zero-order chi connectivity index (χ0) is 15.4. The molecule has 22 heavy (non-hydrogen) atoms. The summed E-state index contributed by atoms with van der Waals surface area (Å²) in [5.74, 6) is -0.00684. The Morgan fingerprint density at radius 2 is 2.09 bits per heavy atom.